The molecule has 86 valence electrons. The lowest BCUT2D eigenvalue weighted by molar-refractivity contribution is 1.11. The van der Waals surface area contributed by atoms with Crippen molar-refractivity contribution in [1.82, 2.24) is 10.2 Å². The van der Waals surface area contributed by atoms with Crippen molar-refractivity contribution in [3.05, 3.63) is 34.0 Å². The molecule has 3 aromatic rings. The summed E-state index contributed by atoms with van der Waals surface area (Å²) in [5.41, 5.74) is 7.74. The predicted molar refractivity (Wildman–Crippen MR) is 74.6 cm³/mol. The standard InChI is InChI=1S/C11H8ClN3S2/c12-6-3-5-17-10(6)9-8(11(13)15-14-9)7-2-1-4-16-7/h1-5H,(H3,13,14,15). The van der Waals surface area contributed by atoms with Gasteiger partial charge in [0.25, 0.3) is 0 Å². The number of thiophene rings is 2. The molecule has 0 atom stereocenters. The average molecular weight is 282 g/mol. The third kappa shape index (κ3) is 1.76. The molecule has 0 unspecified atom stereocenters. The van der Waals surface area contributed by atoms with Gasteiger partial charge in [-0.1, -0.05) is 17.7 Å². The molecule has 3 heterocycles. The van der Waals surface area contributed by atoms with Crippen LogP contribution in [-0.2, 0) is 0 Å². The minimum atomic E-state index is 0.506. The highest BCUT2D eigenvalue weighted by molar-refractivity contribution is 7.15. The van der Waals surface area contributed by atoms with Crippen LogP contribution in [0.2, 0.25) is 5.02 Å². The molecule has 17 heavy (non-hydrogen) atoms. The van der Waals surface area contributed by atoms with Crippen molar-refractivity contribution in [2.75, 3.05) is 5.73 Å². The summed E-state index contributed by atoms with van der Waals surface area (Å²) in [6.45, 7) is 0. The smallest absolute Gasteiger partial charge is 0.154 e. The number of nitrogens with one attached hydrogen (secondary N) is 1. The van der Waals surface area contributed by atoms with Gasteiger partial charge < -0.3 is 5.73 Å². The number of rotatable bonds is 2. The Hall–Kier alpha value is -1.30. The number of nitrogens with two attached hydrogens (primary N) is 1. The fourth-order valence-electron chi connectivity index (χ4n) is 1.66. The van der Waals surface area contributed by atoms with E-state index in [4.69, 9.17) is 17.3 Å². The monoisotopic (exact) mass is 281 g/mol. The fraction of sp³-hybridized carbons (Fsp3) is 0. The quantitative estimate of drug-likeness (QED) is 0.743. The van der Waals surface area contributed by atoms with Crippen molar-refractivity contribution in [3.8, 4) is 21.0 Å². The first-order valence-electron chi connectivity index (χ1n) is 4.88. The number of halogens is 1. The van der Waals surface area contributed by atoms with E-state index in [1.54, 1.807) is 22.7 Å². The molecule has 0 aromatic carbocycles. The molecule has 0 fully saturated rings. The Morgan fingerprint density at radius 3 is 2.76 bits per heavy atom. The third-order valence-corrected chi connectivity index (χ3v) is 4.65. The van der Waals surface area contributed by atoms with E-state index in [1.165, 1.54) is 0 Å². The molecule has 0 saturated carbocycles. The van der Waals surface area contributed by atoms with Crippen LogP contribution in [0.5, 0.6) is 0 Å². The number of nitrogens with zero attached hydrogens (tertiary/aromatic N) is 1. The van der Waals surface area contributed by atoms with Crippen LogP contribution in [0.3, 0.4) is 0 Å². The molecule has 0 aliphatic heterocycles. The lowest BCUT2D eigenvalue weighted by atomic mass is 10.1. The van der Waals surface area contributed by atoms with Crippen LogP contribution >= 0.6 is 34.3 Å². The van der Waals surface area contributed by atoms with Gasteiger partial charge in [-0.05, 0) is 22.9 Å². The van der Waals surface area contributed by atoms with E-state index in [9.17, 15) is 0 Å². The molecule has 6 heteroatoms. The Bertz CT molecular complexity index is 640. The van der Waals surface area contributed by atoms with Gasteiger partial charge in [-0.2, -0.15) is 5.10 Å². The molecule has 0 amide bonds. The number of aromatic amines is 1. The number of aromatic nitrogens is 2. The topological polar surface area (TPSA) is 54.7 Å². The van der Waals surface area contributed by atoms with Gasteiger partial charge in [0.05, 0.1) is 21.2 Å². The van der Waals surface area contributed by atoms with Gasteiger partial charge >= 0.3 is 0 Å². The normalized spacial score (nSPS) is 10.9. The second-order valence-corrected chi connectivity index (χ2v) is 5.70. The maximum absolute atomic E-state index is 6.14. The van der Waals surface area contributed by atoms with E-state index < -0.39 is 0 Å². The van der Waals surface area contributed by atoms with Crippen LogP contribution in [0.1, 0.15) is 0 Å². The Kier molecular flexibility index (Phi) is 2.66. The number of hydrogen-bond acceptors (Lipinski definition) is 4. The first kappa shape index (κ1) is 10.8. The van der Waals surface area contributed by atoms with Gasteiger partial charge in [0.2, 0.25) is 0 Å². The number of nitrogen functional groups attached to an aromatic ring is 1. The molecule has 3 nitrogen and oxygen atoms in total. The highest BCUT2D eigenvalue weighted by Gasteiger charge is 2.18. The minimum Gasteiger partial charge on any atom is -0.382 e. The van der Waals surface area contributed by atoms with Crippen LogP contribution in [0.4, 0.5) is 5.82 Å². The van der Waals surface area contributed by atoms with Gasteiger partial charge in [0, 0.05) is 4.88 Å². The van der Waals surface area contributed by atoms with Crippen molar-refractivity contribution >= 4 is 40.1 Å². The van der Waals surface area contributed by atoms with E-state index in [1.807, 2.05) is 29.0 Å². The van der Waals surface area contributed by atoms with Gasteiger partial charge in [0.1, 0.15) is 0 Å². The van der Waals surface area contributed by atoms with Crippen LogP contribution < -0.4 is 5.73 Å². The molecule has 3 N–H and O–H groups in total. The molecule has 0 bridgehead atoms. The molecule has 0 aliphatic carbocycles. The highest BCUT2D eigenvalue weighted by Crippen LogP contribution is 2.41. The third-order valence-electron chi connectivity index (χ3n) is 2.41. The Balaban J connectivity index is 2.23. The van der Waals surface area contributed by atoms with E-state index >= 15 is 0 Å². The summed E-state index contributed by atoms with van der Waals surface area (Å²) in [7, 11) is 0. The highest BCUT2D eigenvalue weighted by atomic mass is 35.5. The van der Waals surface area contributed by atoms with Gasteiger partial charge in [0.15, 0.2) is 5.82 Å². The van der Waals surface area contributed by atoms with Crippen molar-refractivity contribution in [2.24, 2.45) is 0 Å². The molecule has 0 spiro atoms. The summed E-state index contributed by atoms with van der Waals surface area (Å²) < 4.78 is 0. The van der Waals surface area contributed by atoms with E-state index in [0.717, 1.165) is 26.0 Å². The van der Waals surface area contributed by atoms with Crippen molar-refractivity contribution in [1.29, 1.82) is 0 Å². The van der Waals surface area contributed by atoms with Crippen LogP contribution in [0.25, 0.3) is 21.0 Å². The zero-order valence-electron chi connectivity index (χ0n) is 8.61. The molecule has 0 aliphatic rings. The van der Waals surface area contributed by atoms with E-state index in [0.29, 0.717) is 5.82 Å². The maximum atomic E-state index is 6.14. The maximum Gasteiger partial charge on any atom is 0.154 e. The van der Waals surface area contributed by atoms with Gasteiger partial charge in [-0.25, -0.2) is 0 Å². The number of hydrogen-bond donors (Lipinski definition) is 2. The molecule has 0 saturated heterocycles. The molecular formula is C11H8ClN3S2. The molecule has 3 rings (SSSR count). The van der Waals surface area contributed by atoms with Gasteiger partial charge in [-0.15, -0.1) is 22.7 Å². The number of H-pyrrole nitrogens is 1. The van der Waals surface area contributed by atoms with Crippen LogP contribution in [0, 0.1) is 0 Å². The SMILES string of the molecule is Nc1n[nH]c(-c2sccc2Cl)c1-c1cccs1. The Morgan fingerprint density at radius 2 is 2.12 bits per heavy atom. The summed E-state index contributed by atoms with van der Waals surface area (Å²) in [6, 6.07) is 5.89. The predicted octanol–water partition coefficient (Wildman–Crippen LogP) is 4.10. The first-order valence-corrected chi connectivity index (χ1v) is 7.02. The fourth-order valence-corrected chi connectivity index (χ4v) is 3.60. The lowest BCUT2D eigenvalue weighted by Crippen LogP contribution is -1.86. The number of anilines is 1. The van der Waals surface area contributed by atoms with E-state index in [2.05, 4.69) is 10.2 Å². The van der Waals surface area contributed by atoms with Crippen LogP contribution in [0.15, 0.2) is 29.0 Å². The van der Waals surface area contributed by atoms with Crippen molar-refractivity contribution < 1.29 is 0 Å². The Labute approximate surface area is 111 Å². The largest absolute Gasteiger partial charge is 0.382 e. The zero-order chi connectivity index (χ0) is 11.8. The second-order valence-electron chi connectivity index (χ2n) is 3.43. The first-order chi connectivity index (χ1) is 8.27. The van der Waals surface area contributed by atoms with Crippen molar-refractivity contribution in [3.63, 3.8) is 0 Å². The summed E-state index contributed by atoms with van der Waals surface area (Å²) in [5.74, 6) is 0.506. The average Bonchev–Trinajstić information content (AvgIpc) is 2.98. The zero-order valence-corrected chi connectivity index (χ0v) is 11.0. The molecule has 3 aromatic heterocycles. The lowest BCUT2D eigenvalue weighted by Gasteiger charge is -2.00. The Morgan fingerprint density at radius 1 is 1.24 bits per heavy atom. The molecular weight excluding hydrogens is 274 g/mol. The summed E-state index contributed by atoms with van der Waals surface area (Å²) in [6.07, 6.45) is 0. The van der Waals surface area contributed by atoms with E-state index in [-0.39, 0.29) is 0 Å². The summed E-state index contributed by atoms with van der Waals surface area (Å²) in [4.78, 5) is 2.06. The summed E-state index contributed by atoms with van der Waals surface area (Å²) >= 11 is 9.35. The second kappa shape index (κ2) is 4.18. The minimum absolute atomic E-state index is 0.506. The van der Waals surface area contributed by atoms with Crippen LogP contribution in [-0.4, -0.2) is 10.2 Å². The molecule has 0 radical (unpaired) electrons. The summed E-state index contributed by atoms with van der Waals surface area (Å²) in [5, 5.41) is 11.7. The van der Waals surface area contributed by atoms with Gasteiger partial charge in [-0.3, -0.25) is 5.10 Å². The van der Waals surface area contributed by atoms with Crippen molar-refractivity contribution in [2.45, 2.75) is 0 Å².